The van der Waals surface area contributed by atoms with Gasteiger partial charge in [-0.05, 0) is 60.7 Å². The fourth-order valence-corrected chi connectivity index (χ4v) is 4.62. The number of anilines is 1. The topological polar surface area (TPSA) is 31.1 Å². The number of aromatic nitrogens is 1. The van der Waals surface area contributed by atoms with Crippen LogP contribution in [0.5, 0.6) is 0 Å². The Kier molecular flexibility index (Phi) is 4.61. The number of rotatable bonds is 4. The molecule has 0 bridgehead atoms. The SMILES string of the molecule is Fc1ccc2c(c1)CC(CCN1CC=C(c3c[nH]c4cc(Cl)ccc34)CC1)N2. The number of halogens is 2. The number of hydrogen-bond acceptors (Lipinski definition) is 2. The Morgan fingerprint density at radius 3 is 2.96 bits per heavy atom. The van der Waals surface area contributed by atoms with Gasteiger partial charge in [-0.2, -0.15) is 0 Å². The second kappa shape index (κ2) is 7.26. The highest BCUT2D eigenvalue weighted by atomic mass is 35.5. The molecular weight excluding hydrogens is 373 g/mol. The first-order valence-corrected chi connectivity index (χ1v) is 10.3. The number of benzene rings is 2. The fraction of sp³-hybridized carbons (Fsp3) is 0.304. The molecule has 0 amide bonds. The molecule has 0 fully saturated rings. The van der Waals surface area contributed by atoms with Gasteiger partial charge in [-0.25, -0.2) is 4.39 Å². The van der Waals surface area contributed by atoms with Gasteiger partial charge in [0.25, 0.3) is 0 Å². The van der Waals surface area contributed by atoms with Crippen LogP contribution >= 0.6 is 11.6 Å². The molecule has 1 aromatic heterocycles. The lowest BCUT2D eigenvalue weighted by Gasteiger charge is -2.27. The van der Waals surface area contributed by atoms with Gasteiger partial charge in [0.1, 0.15) is 5.82 Å². The third kappa shape index (κ3) is 3.43. The lowest BCUT2D eigenvalue weighted by Crippen LogP contribution is -2.32. The van der Waals surface area contributed by atoms with E-state index < -0.39 is 0 Å². The van der Waals surface area contributed by atoms with Gasteiger partial charge in [-0.1, -0.05) is 23.7 Å². The first-order chi connectivity index (χ1) is 13.7. The summed E-state index contributed by atoms with van der Waals surface area (Å²) in [5.74, 6) is -0.144. The van der Waals surface area contributed by atoms with Crippen LogP contribution in [0.1, 0.15) is 24.0 Å². The van der Waals surface area contributed by atoms with Crippen LogP contribution in [0.15, 0.2) is 48.7 Å². The summed E-state index contributed by atoms with van der Waals surface area (Å²) in [7, 11) is 0. The summed E-state index contributed by atoms with van der Waals surface area (Å²) in [6, 6.07) is 11.5. The highest BCUT2D eigenvalue weighted by Gasteiger charge is 2.22. The maximum Gasteiger partial charge on any atom is 0.123 e. The predicted octanol–water partition coefficient (Wildman–Crippen LogP) is 5.48. The molecule has 2 aliphatic heterocycles. The van der Waals surface area contributed by atoms with Crippen LogP contribution < -0.4 is 5.32 Å². The van der Waals surface area contributed by atoms with Gasteiger partial charge in [0.05, 0.1) is 0 Å². The first-order valence-electron chi connectivity index (χ1n) is 9.89. The molecule has 0 aliphatic carbocycles. The molecular formula is C23H23ClFN3. The van der Waals surface area contributed by atoms with Gasteiger partial charge in [0.15, 0.2) is 0 Å². The minimum Gasteiger partial charge on any atom is -0.382 e. The van der Waals surface area contributed by atoms with Gasteiger partial charge in [0, 0.05) is 59.0 Å². The summed E-state index contributed by atoms with van der Waals surface area (Å²) in [5, 5.41) is 5.53. The molecule has 3 nitrogen and oxygen atoms in total. The highest BCUT2D eigenvalue weighted by Crippen LogP contribution is 2.31. The van der Waals surface area contributed by atoms with Crippen molar-refractivity contribution < 1.29 is 4.39 Å². The zero-order valence-electron chi connectivity index (χ0n) is 15.6. The van der Waals surface area contributed by atoms with Crippen molar-refractivity contribution >= 4 is 33.8 Å². The standard InChI is InChI=1S/C23H23ClFN3/c24-17-1-3-20-21(14-26-23(20)13-17)15-5-8-28(9-6-15)10-7-19-12-16-11-18(25)2-4-22(16)27-19/h1-5,11,13-14,19,26-27H,6-10,12H2. The maximum atomic E-state index is 13.4. The Labute approximate surface area is 169 Å². The zero-order valence-corrected chi connectivity index (χ0v) is 16.4. The molecule has 0 saturated heterocycles. The molecule has 0 radical (unpaired) electrons. The third-order valence-electron chi connectivity index (χ3n) is 5.97. The van der Waals surface area contributed by atoms with E-state index >= 15 is 0 Å². The van der Waals surface area contributed by atoms with E-state index in [2.05, 4.69) is 33.5 Å². The van der Waals surface area contributed by atoms with Crippen molar-refractivity contribution in [2.75, 3.05) is 25.0 Å². The third-order valence-corrected chi connectivity index (χ3v) is 6.21. The van der Waals surface area contributed by atoms with Crippen molar-refractivity contribution in [1.82, 2.24) is 9.88 Å². The number of fused-ring (bicyclic) bond motifs is 2. The molecule has 2 N–H and O–H groups in total. The minimum atomic E-state index is -0.144. The van der Waals surface area contributed by atoms with E-state index in [1.807, 2.05) is 18.2 Å². The fourth-order valence-electron chi connectivity index (χ4n) is 4.44. The van der Waals surface area contributed by atoms with E-state index in [-0.39, 0.29) is 5.82 Å². The largest absolute Gasteiger partial charge is 0.382 e. The van der Waals surface area contributed by atoms with Crippen LogP contribution in [0, 0.1) is 5.82 Å². The van der Waals surface area contributed by atoms with Crippen LogP contribution in [0.3, 0.4) is 0 Å². The highest BCUT2D eigenvalue weighted by molar-refractivity contribution is 6.31. The van der Waals surface area contributed by atoms with E-state index in [1.54, 1.807) is 6.07 Å². The van der Waals surface area contributed by atoms with Gasteiger partial charge >= 0.3 is 0 Å². The summed E-state index contributed by atoms with van der Waals surface area (Å²) < 4.78 is 13.4. The van der Waals surface area contributed by atoms with E-state index in [0.717, 1.165) is 60.7 Å². The van der Waals surface area contributed by atoms with Gasteiger partial charge in [0.2, 0.25) is 0 Å². The van der Waals surface area contributed by atoms with Crippen molar-refractivity contribution in [1.29, 1.82) is 0 Å². The first kappa shape index (κ1) is 17.8. The molecule has 0 saturated carbocycles. The van der Waals surface area contributed by atoms with Crippen LogP contribution in [0.4, 0.5) is 10.1 Å². The number of H-pyrrole nitrogens is 1. The van der Waals surface area contributed by atoms with E-state index in [4.69, 9.17) is 11.6 Å². The summed E-state index contributed by atoms with van der Waals surface area (Å²) in [5.41, 5.74) is 5.99. The molecule has 0 spiro atoms. The molecule has 5 rings (SSSR count). The monoisotopic (exact) mass is 395 g/mol. The molecule has 2 aliphatic rings. The van der Waals surface area contributed by atoms with Crippen LogP contribution in [0.25, 0.3) is 16.5 Å². The molecule has 3 heterocycles. The summed E-state index contributed by atoms with van der Waals surface area (Å²) >= 11 is 6.09. The van der Waals surface area contributed by atoms with Crippen molar-refractivity contribution in [3.8, 4) is 0 Å². The molecule has 144 valence electrons. The van der Waals surface area contributed by atoms with Crippen molar-refractivity contribution in [3.05, 3.63) is 70.6 Å². The van der Waals surface area contributed by atoms with E-state index in [9.17, 15) is 4.39 Å². The molecule has 5 heteroatoms. The van der Waals surface area contributed by atoms with Gasteiger partial charge in [-0.15, -0.1) is 0 Å². The van der Waals surface area contributed by atoms with Crippen molar-refractivity contribution in [2.24, 2.45) is 0 Å². The van der Waals surface area contributed by atoms with Crippen LogP contribution in [-0.4, -0.2) is 35.6 Å². The normalized spacial score (nSPS) is 19.5. The lowest BCUT2D eigenvalue weighted by atomic mass is 9.98. The van der Waals surface area contributed by atoms with E-state index in [1.165, 1.54) is 22.6 Å². The summed E-state index contributed by atoms with van der Waals surface area (Å²) in [6.07, 6.45) is 7.50. The van der Waals surface area contributed by atoms with E-state index in [0.29, 0.717) is 6.04 Å². The Hall–Kier alpha value is -2.30. The van der Waals surface area contributed by atoms with Crippen molar-refractivity contribution in [2.45, 2.75) is 25.3 Å². The Morgan fingerprint density at radius 1 is 1.18 bits per heavy atom. The van der Waals surface area contributed by atoms with Gasteiger partial charge in [-0.3, -0.25) is 4.90 Å². The minimum absolute atomic E-state index is 0.144. The number of nitrogens with zero attached hydrogens (tertiary/aromatic N) is 1. The molecule has 3 aromatic rings. The smallest absolute Gasteiger partial charge is 0.123 e. The maximum absolute atomic E-state index is 13.4. The summed E-state index contributed by atoms with van der Waals surface area (Å²) in [4.78, 5) is 5.84. The summed E-state index contributed by atoms with van der Waals surface area (Å²) in [6.45, 7) is 3.10. The Bertz CT molecular complexity index is 1060. The average molecular weight is 396 g/mol. The van der Waals surface area contributed by atoms with Crippen LogP contribution in [0.2, 0.25) is 5.02 Å². The molecule has 1 unspecified atom stereocenters. The Morgan fingerprint density at radius 2 is 2.11 bits per heavy atom. The Balaban J connectivity index is 1.19. The number of aromatic amines is 1. The van der Waals surface area contributed by atoms with Crippen molar-refractivity contribution in [3.63, 3.8) is 0 Å². The predicted molar refractivity (Wildman–Crippen MR) is 114 cm³/mol. The number of hydrogen-bond donors (Lipinski definition) is 2. The molecule has 28 heavy (non-hydrogen) atoms. The molecule has 1 atom stereocenters. The second-order valence-electron chi connectivity index (χ2n) is 7.81. The van der Waals surface area contributed by atoms with Gasteiger partial charge < -0.3 is 10.3 Å². The van der Waals surface area contributed by atoms with Crippen LogP contribution in [-0.2, 0) is 6.42 Å². The second-order valence-corrected chi connectivity index (χ2v) is 8.24. The molecule has 2 aromatic carbocycles. The number of nitrogens with one attached hydrogen (secondary N) is 2. The zero-order chi connectivity index (χ0) is 19.1. The average Bonchev–Trinajstić information content (AvgIpc) is 3.29. The lowest BCUT2D eigenvalue weighted by molar-refractivity contribution is 0.292. The quantitative estimate of drug-likeness (QED) is 0.613.